The number of hydrogen-bond acceptors (Lipinski definition) is 9. The van der Waals surface area contributed by atoms with Gasteiger partial charge in [0, 0.05) is 39.1 Å². The summed E-state index contributed by atoms with van der Waals surface area (Å²) >= 11 is 0. The number of unbranched alkanes of at least 4 members (excludes halogenated alkanes) is 4. The van der Waals surface area contributed by atoms with Gasteiger partial charge in [-0.15, -0.1) is 0 Å². The molecule has 2 N–H and O–H groups in total. The summed E-state index contributed by atoms with van der Waals surface area (Å²) in [5.74, 6) is -0.504. The summed E-state index contributed by atoms with van der Waals surface area (Å²) < 4.78 is 25.9. The zero-order chi connectivity index (χ0) is 29.0. The number of hydrogen-bond donors (Lipinski definition) is 2. The van der Waals surface area contributed by atoms with Gasteiger partial charge in [-0.05, 0) is 69.2 Å². The Balaban J connectivity index is 1.98. The maximum absolute atomic E-state index is 12.3. The number of amides is 1. The summed E-state index contributed by atoms with van der Waals surface area (Å²) in [7, 11) is 3.63. The maximum atomic E-state index is 12.3. The summed E-state index contributed by atoms with van der Waals surface area (Å²) in [6.07, 6.45) is 8.15. The lowest BCUT2D eigenvalue weighted by Crippen LogP contribution is -2.49. The second-order valence-corrected chi connectivity index (χ2v) is 11.7. The van der Waals surface area contributed by atoms with Crippen molar-refractivity contribution in [2.75, 3.05) is 60.3 Å². The van der Waals surface area contributed by atoms with E-state index in [2.05, 4.69) is 31.4 Å². The summed E-state index contributed by atoms with van der Waals surface area (Å²) in [5, 5.41) is 6.34. The largest absolute Gasteiger partial charge is 0.463 e. The van der Waals surface area contributed by atoms with Gasteiger partial charge in [-0.25, -0.2) is 4.79 Å². The van der Waals surface area contributed by atoms with Crippen molar-refractivity contribution in [3.8, 4) is 0 Å². The minimum atomic E-state index is -0.364. The molecule has 228 valence electrons. The summed E-state index contributed by atoms with van der Waals surface area (Å²) in [6, 6.07) is 0.106. The fraction of sp³-hybridized carbons (Fsp3) is 0.897. The van der Waals surface area contributed by atoms with Crippen LogP contribution in [0.5, 0.6) is 0 Å². The Morgan fingerprint density at radius 1 is 0.744 bits per heavy atom. The molecule has 0 aromatic carbocycles. The van der Waals surface area contributed by atoms with E-state index in [1.165, 1.54) is 0 Å². The normalized spacial score (nSPS) is 20.3. The Bertz CT molecular complexity index is 703. The van der Waals surface area contributed by atoms with Crippen molar-refractivity contribution in [2.24, 2.45) is 10.8 Å². The van der Waals surface area contributed by atoms with Crippen LogP contribution < -0.4 is 10.6 Å². The van der Waals surface area contributed by atoms with Crippen LogP contribution >= 0.6 is 0 Å². The van der Waals surface area contributed by atoms with Crippen molar-refractivity contribution in [1.82, 2.24) is 10.6 Å². The van der Waals surface area contributed by atoms with E-state index in [0.717, 1.165) is 51.5 Å². The van der Waals surface area contributed by atoms with Gasteiger partial charge in [0.05, 0.1) is 19.8 Å². The highest BCUT2D eigenvalue weighted by Crippen LogP contribution is 2.45. The number of esters is 2. The smallest absolute Gasteiger partial charge is 0.407 e. The van der Waals surface area contributed by atoms with E-state index in [-0.39, 0.29) is 61.3 Å². The highest BCUT2D eigenvalue weighted by molar-refractivity contribution is 5.69. The third-order valence-electron chi connectivity index (χ3n) is 6.84. The van der Waals surface area contributed by atoms with Crippen LogP contribution in [0.25, 0.3) is 0 Å². The van der Waals surface area contributed by atoms with E-state index in [1.54, 1.807) is 7.11 Å². The first-order valence-corrected chi connectivity index (χ1v) is 14.5. The summed E-state index contributed by atoms with van der Waals surface area (Å²) in [4.78, 5) is 35.7. The van der Waals surface area contributed by atoms with Gasteiger partial charge in [0.15, 0.2) is 0 Å². The molecule has 1 aliphatic carbocycles. The average Bonchev–Trinajstić information content (AvgIpc) is 2.84. The van der Waals surface area contributed by atoms with Crippen molar-refractivity contribution < 1.29 is 38.1 Å². The zero-order valence-corrected chi connectivity index (χ0v) is 25.1. The van der Waals surface area contributed by atoms with Crippen LogP contribution in [0, 0.1) is 10.8 Å². The number of alkyl carbamates (subject to hydrolysis) is 1. The topological polar surface area (TPSA) is 121 Å². The van der Waals surface area contributed by atoms with Gasteiger partial charge in [-0.3, -0.25) is 9.59 Å². The molecule has 0 aromatic rings. The molecule has 1 rings (SSSR count). The summed E-state index contributed by atoms with van der Waals surface area (Å²) in [6.45, 7) is 9.64. The van der Waals surface area contributed by atoms with Crippen molar-refractivity contribution >= 4 is 18.0 Å². The molecule has 0 saturated heterocycles. The first-order chi connectivity index (χ1) is 18.6. The predicted molar refractivity (Wildman–Crippen MR) is 149 cm³/mol. The molecule has 2 atom stereocenters. The van der Waals surface area contributed by atoms with Crippen LogP contribution in [0.15, 0.2) is 0 Å². The molecule has 2 unspecified atom stereocenters. The molecular weight excluding hydrogens is 504 g/mol. The molecule has 0 aliphatic heterocycles. The monoisotopic (exact) mass is 558 g/mol. The Morgan fingerprint density at radius 2 is 1.33 bits per heavy atom. The number of carbonyl (C=O) groups is 3. The first kappa shape index (κ1) is 35.1. The average molecular weight is 559 g/mol. The molecule has 0 aromatic heterocycles. The number of carbonyl (C=O) groups excluding carboxylic acids is 3. The lowest BCUT2D eigenvalue weighted by Gasteiger charge is -2.46. The quantitative estimate of drug-likeness (QED) is 0.120. The molecule has 1 amide bonds. The van der Waals surface area contributed by atoms with E-state index in [4.69, 9.17) is 23.7 Å². The fourth-order valence-electron chi connectivity index (χ4n) is 5.59. The Hall–Kier alpha value is -1.91. The molecule has 0 radical (unpaired) electrons. The van der Waals surface area contributed by atoms with Crippen LogP contribution in [-0.2, 0) is 33.3 Å². The second-order valence-electron chi connectivity index (χ2n) is 11.7. The van der Waals surface area contributed by atoms with E-state index in [9.17, 15) is 14.4 Å². The number of rotatable bonds is 21. The Morgan fingerprint density at radius 3 is 1.90 bits per heavy atom. The lowest BCUT2D eigenvalue weighted by molar-refractivity contribution is -0.146. The van der Waals surface area contributed by atoms with E-state index in [0.29, 0.717) is 38.9 Å². The number of methoxy groups -OCH3 is 1. The van der Waals surface area contributed by atoms with Crippen LogP contribution in [0.1, 0.15) is 91.4 Å². The molecule has 0 heterocycles. The van der Waals surface area contributed by atoms with Crippen LogP contribution in [0.3, 0.4) is 0 Å². The van der Waals surface area contributed by atoms with Gasteiger partial charge in [0.2, 0.25) is 0 Å². The zero-order valence-electron chi connectivity index (χ0n) is 25.1. The SMILES string of the molecule is CNCC1(C)CC(NC(=O)OCCCCCC(=O)OCCOCCOC(=O)CCCCCOC)CC(C)(C)C1. The van der Waals surface area contributed by atoms with Crippen LogP contribution in [-0.4, -0.2) is 84.4 Å². The van der Waals surface area contributed by atoms with E-state index < -0.39 is 0 Å². The standard InChI is InChI=1S/C29H54N2O8/c1-28(2)20-24(21-29(3,22-28)23-30-4)31-27(34)39-15-11-7-9-13-26(33)38-19-17-36-16-18-37-25(32)12-8-6-10-14-35-5/h24,30H,6-23H2,1-5H3,(H,31,34). The molecule has 0 spiro atoms. The highest BCUT2D eigenvalue weighted by Gasteiger charge is 2.41. The third-order valence-corrected chi connectivity index (χ3v) is 6.84. The molecule has 1 saturated carbocycles. The van der Waals surface area contributed by atoms with Gasteiger partial charge in [-0.2, -0.15) is 0 Å². The minimum absolute atomic E-state index is 0.106. The van der Waals surface area contributed by atoms with Gasteiger partial charge >= 0.3 is 18.0 Å². The Kier molecular flexibility index (Phi) is 18.0. The maximum Gasteiger partial charge on any atom is 0.407 e. The van der Waals surface area contributed by atoms with Crippen molar-refractivity contribution in [3.63, 3.8) is 0 Å². The Labute approximate surface area is 235 Å². The van der Waals surface area contributed by atoms with Crippen LogP contribution in [0.4, 0.5) is 4.79 Å². The van der Waals surface area contributed by atoms with Crippen LogP contribution in [0.2, 0.25) is 0 Å². The highest BCUT2D eigenvalue weighted by atomic mass is 16.6. The number of ether oxygens (including phenoxy) is 5. The third kappa shape index (κ3) is 18.1. The van der Waals surface area contributed by atoms with Gasteiger partial charge < -0.3 is 34.3 Å². The molecule has 10 heteroatoms. The molecule has 1 fully saturated rings. The van der Waals surface area contributed by atoms with E-state index in [1.807, 2.05) is 7.05 Å². The molecule has 39 heavy (non-hydrogen) atoms. The summed E-state index contributed by atoms with van der Waals surface area (Å²) in [5.41, 5.74) is 0.315. The molecule has 10 nitrogen and oxygen atoms in total. The lowest BCUT2D eigenvalue weighted by atomic mass is 9.62. The van der Waals surface area contributed by atoms with Crippen molar-refractivity contribution in [3.05, 3.63) is 0 Å². The van der Waals surface area contributed by atoms with Gasteiger partial charge in [0.25, 0.3) is 0 Å². The minimum Gasteiger partial charge on any atom is -0.463 e. The van der Waals surface area contributed by atoms with Crippen molar-refractivity contribution in [1.29, 1.82) is 0 Å². The fourth-order valence-corrected chi connectivity index (χ4v) is 5.59. The molecular formula is C29H54N2O8. The van der Waals surface area contributed by atoms with Gasteiger partial charge in [0.1, 0.15) is 13.2 Å². The van der Waals surface area contributed by atoms with Crippen molar-refractivity contribution in [2.45, 2.75) is 97.4 Å². The predicted octanol–water partition coefficient (Wildman–Crippen LogP) is 4.39. The first-order valence-electron chi connectivity index (χ1n) is 14.5. The number of nitrogens with one attached hydrogen (secondary N) is 2. The van der Waals surface area contributed by atoms with Gasteiger partial charge in [-0.1, -0.05) is 27.2 Å². The molecule has 0 bridgehead atoms. The second kappa shape index (κ2) is 20.0. The van der Waals surface area contributed by atoms with E-state index >= 15 is 0 Å². The molecule has 1 aliphatic rings.